The predicted octanol–water partition coefficient (Wildman–Crippen LogP) is 1.11. The van der Waals surface area contributed by atoms with Crippen molar-refractivity contribution in [2.45, 2.75) is 12.8 Å². The molecule has 0 spiro atoms. The minimum atomic E-state index is 0.487. The number of nitrogen functional groups attached to an aromatic ring is 1. The molecule has 0 aliphatic carbocycles. The van der Waals surface area contributed by atoms with Crippen molar-refractivity contribution >= 4 is 16.7 Å². The molecule has 4 N–H and O–H groups in total. The van der Waals surface area contributed by atoms with Gasteiger partial charge in [0, 0.05) is 11.8 Å². The summed E-state index contributed by atoms with van der Waals surface area (Å²) in [4.78, 5) is 8.74. The highest BCUT2D eigenvalue weighted by Crippen LogP contribution is 2.26. The van der Waals surface area contributed by atoms with Crippen LogP contribution in [0.3, 0.4) is 0 Å². The third-order valence-corrected chi connectivity index (χ3v) is 2.59. The Morgan fingerprint density at radius 2 is 2.12 bits per heavy atom. The van der Waals surface area contributed by atoms with E-state index >= 15 is 0 Å². The van der Waals surface area contributed by atoms with E-state index in [4.69, 9.17) is 16.2 Å². The summed E-state index contributed by atoms with van der Waals surface area (Å²) in [6.45, 7) is 0.618. The normalized spacial score (nSPS) is 10.7. The topological polar surface area (TPSA) is 87.0 Å². The molecule has 2 aromatic rings. The molecule has 1 aromatic heterocycles. The number of benzene rings is 1. The molecule has 0 fully saturated rings. The van der Waals surface area contributed by atoms with E-state index in [-0.39, 0.29) is 0 Å². The second-order valence-corrected chi connectivity index (χ2v) is 3.77. The highest BCUT2D eigenvalue weighted by atomic mass is 16.5. The van der Waals surface area contributed by atoms with E-state index in [1.165, 1.54) is 0 Å². The van der Waals surface area contributed by atoms with Crippen molar-refractivity contribution in [3.8, 4) is 5.75 Å². The lowest BCUT2D eigenvalue weighted by molar-refractivity contribution is 0.418. The Labute approximate surface area is 99.8 Å². The van der Waals surface area contributed by atoms with Gasteiger partial charge in [-0.3, -0.25) is 0 Å². The molecule has 0 saturated carbocycles. The standard InChI is InChI=1S/C12H16N4O/c1-17-9-5-2-4-8-11(9)15-10(6-3-7-13)16-12(8)14/h2,4-5H,3,6-7,13H2,1H3,(H2,14,15,16). The van der Waals surface area contributed by atoms with Gasteiger partial charge in [-0.25, -0.2) is 9.97 Å². The van der Waals surface area contributed by atoms with E-state index in [0.29, 0.717) is 23.9 Å². The first-order valence-electron chi connectivity index (χ1n) is 5.55. The van der Waals surface area contributed by atoms with Gasteiger partial charge in [-0.05, 0) is 25.1 Å². The van der Waals surface area contributed by atoms with Crippen LogP contribution in [-0.2, 0) is 6.42 Å². The van der Waals surface area contributed by atoms with E-state index in [2.05, 4.69) is 9.97 Å². The molecule has 5 nitrogen and oxygen atoms in total. The van der Waals surface area contributed by atoms with Crippen molar-refractivity contribution in [2.24, 2.45) is 5.73 Å². The molecule has 1 heterocycles. The fourth-order valence-electron chi connectivity index (χ4n) is 1.73. The molecule has 0 radical (unpaired) electrons. The monoisotopic (exact) mass is 232 g/mol. The Bertz CT molecular complexity index is 527. The van der Waals surface area contributed by atoms with Crippen LogP contribution in [0.2, 0.25) is 0 Å². The molecule has 17 heavy (non-hydrogen) atoms. The van der Waals surface area contributed by atoms with Crippen molar-refractivity contribution in [1.29, 1.82) is 0 Å². The van der Waals surface area contributed by atoms with E-state index in [9.17, 15) is 0 Å². The molecule has 0 saturated heterocycles. The minimum absolute atomic E-state index is 0.487. The number of methoxy groups -OCH3 is 1. The van der Waals surface area contributed by atoms with Gasteiger partial charge in [0.15, 0.2) is 0 Å². The molecule has 0 aliphatic rings. The molecule has 90 valence electrons. The van der Waals surface area contributed by atoms with Crippen LogP contribution in [0.25, 0.3) is 10.9 Å². The summed E-state index contributed by atoms with van der Waals surface area (Å²) < 4.78 is 5.27. The molecule has 0 amide bonds. The van der Waals surface area contributed by atoms with Gasteiger partial charge in [0.05, 0.1) is 7.11 Å². The van der Waals surface area contributed by atoms with Crippen LogP contribution >= 0.6 is 0 Å². The first-order valence-corrected chi connectivity index (χ1v) is 5.55. The van der Waals surface area contributed by atoms with Crippen LogP contribution in [0.4, 0.5) is 5.82 Å². The quantitative estimate of drug-likeness (QED) is 0.824. The van der Waals surface area contributed by atoms with E-state index < -0.39 is 0 Å². The smallest absolute Gasteiger partial charge is 0.145 e. The molecule has 5 heteroatoms. The third kappa shape index (κ3) is 2.29. The molecule has 1 aromatic carbocycles. The van der Waals surface area contributed by atoms with Crippen molar-refractivity contribution in [3.05, 3.63) is 24.0 Å². The van der Waals surface area contributed by atoms with Crippen LogP contribution < -0.4 is 16.2 Å². The number of aromatic nitrogens is 2. The maximum atomic E-state index is 5.91. The fourth-order valence-corrected chi connectivity index (χ4v) is 1.73. The van der Waals surface area contributed by atoms with Gasteiger partial charge in [-0.2, -0.15) is 0 Å². The number of para-hydroxylation sites is 1. The largest absolute Gasteiger partial charge is 0.494 e. The highest BCUT2D eigenvalue weighted by Gasteiger charge is 2.08. The number of nitrogens with zero attached hydrogens (tertiary/aromatic N) is 2. The molecule has 2 rings (SSSR count). The minimum Gasteiger partial charge on any atom is -0.494 e. The van der Waals surface area contributed by atoms with E-state index in [1.54, 1.807) is 7.11 Å². The number of fused-ring (bicyclic) bond motifs is 1. The van der Waals surface area contributed by atoms with Gasteiger partial charge in [-0.1, -0.05) is 6.07 Å². The van der Waals surface area contributed by atoms with Gasteiger partial charge in [0.25, 0.3) is 0 Å². The number of anilines is 1. The van der Waals surface area contributed by atoms with Gasteiger partial charge < -0.3 is 16.2 Å². The summed E-state index contributed by atoms with van der Waals surface area (Å²) in [5.41, 5.74) is 12.1. The van der Waals surface area contributed by atoms with Gasteiger partial charge in [-0.15, -0.1) is 0 Å². The van der Waals surface area contributed by atoms with Crippen LogP contribution in [0.15, 0.2) is 18.2 Å². The summed E-state index contributed by atoms with van der Waals surface area (Å²) in [6.07, 6.45) is 1.58. The molecular formula is C12H16N4O. The molecular weight excluding hydrogens is 216 g/mol. The lowest BCUT2D eigenvalue weighted by Crippen LogP contribution is -2.06. The van der Waals surface area contributed by atoms with E-state index in [0.717, 1.165) is 23.7 Å². The number of rotatable bonds is 4. The third-order valence-electron chi connectivity index (χ3n) is 2.59. The molecule has 0 aliphatic heterocycles. The zero-order valence-electron chi connectivity index (χ0n) is 9.81. The van der Waals surface area contributed by atoms with Crippen molar-refractivity contribution < 1.29 is 4.74 Å². The SMILES string of the molecule is COc1cccc2c(N)nc(CCCN)nc12. The second-order valence-electron chi connectivity index (χ2n) is 3.77. The first-order chi connectivity index (χ1) is 8.26. The van der Waals surface area contributed by atoms with Crippen LogP contribution in [0.1, 0.15) is 12.2 Å². The van der Waals surface area contributed by atoms with E-state index in [1.807, 2.05) is 18.2 Å². The fraction of sp³-hybridized carbons (Fsp3) is 0.333. The Morgan fingerprint density at radius 3 is 2.82 bits per heavy atom. The van der Waals surface area contributed by atoms with Crippen molar-refractivity contribution in [3.63, 3.8) is 0 Å². The Kier molecular flexibility index (Phi) is 3.39. The lowest BCUT2D eigenvalue weighted by atomic mass is 10.2. The van der Waals surface area contributed by atoms with Gasteiger partial charge in [0.1, 0.15) is 22.9 Å². The van der Waals surface area contributed by atoms with Crippen molar-refractivity contribution in [1.82, 2.24) is 9.97 Å². The van der Waals surface area contributed by atoms with Crippen molar-refractivity contribution in [2.75, 3.05) is 19.4 Å². The number of hydrogen-bond acceptors (Lipinski definition) is 5. The number of aryl methyl sites for hydroxylation is 1. The Hall–Kier alpha value is -1.88. The Morgan fingerprint density at radius 1 is 1.29 bits per heavy atom. The van der Waals surface area contributed by atoms with Crippen LogP contribution in [0, 0.1) is 0 Å². The maximum absolute atomic E-state index is 5.91. The average molecular weight is 232 g/mol. The molecule has 0 atom stereocenters. The summed E-state index contributed by atoms with van der Waals surface area (Å²) in [5, 5.41) is 0.820. The second kappa shape index (κ2) is 4.97. The average Bonchev–Trinajstić information content (AvgIpc) is 2.35. The van der Waals surface area contributed by atoms with Gasteiger partial charge in [0.2, 0.25) is 0 Å². The number of nitrogens with two attached hydrogens (primary N) is 2. The molecule has 0 unspecified atom stereocenters. The zero-order valence-corrected chi connectivity index (χ0v) is 9.81. The van der Waals surface area contributed by atoms with Gasteiger partial charge >= 0.3 is 0 Å². The first kappa shape index (κ1) is 11.6. The summed E-state index contributed by atoms with van der Waals surface area (Å²) >= 11 is 0. The highest BCUT2D eigenvalue weighted by molar-refractivity contribution is 5.92. The van der Waals surface area contributed by atoms with Crippen LogP contribution in [-0.4, -0.2) is 23.6 Å². The summed E-state index contributed by atoms with van der Waals surface area (Å²) in [6, 6.07) is 5.63. The maximum Gasteiger partial charge on any atom is 0.145 e. The molecule has 0 bridgehead atoms. The Balaban J connectivity index is 2.53. The number of hydrogen-bond donors (Lipinski definition) is 2. The zero-order chi connectivity index (χ0) is 12.3. The lowest BCUT2D eigenvalue weighted by Gasteiger charge is -2.08. The summed E-state index contributed by atoms with van der Waals surface area (Å²) in [5.74, 6) is 1.91. The van der Waals surface area contributed by atoms with Crippen LogP contribution in [0.5, 0.6) is 5.75 Å². The predicted molar refractivity (Wildman–Crippen MR) is 67.9 cm³/mol. The number of ether oxygens (including phenoxy) is 1. The summed E-state index contributed by atoms with van der Waals surface area (Å²) in [7, 11) is 1.62.